The van der Waals surface area contributed by atoms with Crippen LogP contribution in [0.15, 0.2) is 41.3 Å². The topological polar surface area (TPSA) is 56.1 Å². The Bertz CT molecular complexity index is 1090. The number of ether oxygens (including phenoxy) is 1. The van der Waals surface area contributed by atoms with E-state index >= 15 is 0 Å². The molecule has 0 saturated carbocycles. The van der Waals surface area contributed by atoms with Crippen molar-refractivity contribution in [1.82, 2.24) is 9.55 Å². The van der Waals surface area contributed by atoms with Gasteiger partial charge in [-0.2, -0.15) is 9.37 Å². The van der Waals surface area contributed by atoms with Crippen LogP contribution in [0.4, 0.5) is 29.2 Å². The minimum absolute atomic E-state index is 0.0270. The van der Waals surface area contributed by atoms with E-state index < -0.39 is 28.8 Å². The number of halogens is 4. The van der Waals surface area contributed by atoms with Gasteiger partial charge in [0.05, 0.1) is 13.2 Å². The van der Waals surface area contributed by atoms with E-state index in [1.807, 2.05) is 13.0 Å². The molecule has 0 spiro atoms. The van der Waals surface area contributed by atoms with E-state index in [0.29, 0.717) is 12.3 Å². The van der Waals surface area contributed by atoms with E-state index in [4.69, 9.17) is 4.74 Å². The molecule has 29 heavy (non-hydrogen) atoms. The summed E-state index contributed by atoms with van der Waals surface area (Å²) >= 11 is 0. The van der Waals surface area contributed by atoms with Gasteiger partial charge in [0.15, 0.2) is 17.5 Å². The first kappa shape index (κ1) is 20.5. The molecule has 0 amide bonds. The SMILES string of the molecule is COCc1cccc(Nc2nc(=O)c(F)cn2Cc2cc(F)c(F)c(F)c2)c1C. The average Bonchev–Trinajstić information content (AvgIpc) is 2.67. The first-order valence-electron chi connectivity index (χ1n) is 8.55. The molecule has 0 aliphatic carbocycles. The van der Waals surface area contributed by atoms with E-state index in [1.54, 1.807) is 19.2 Å². The van der Waals surface area contributed by atoms with Crippen LogP contribution < -0.4 is 10.9 Å². The van der Waals surface area contributed by atoms with E-state index in [-0.39, 0.29) is 18.1 Å². The largest absolute Gasteiger partial charge is 0.380 e. The predicted molar refractivity (Wildman–Crippen MR) is 99.0 cm³/mol. The van der Waals surface area contributed by atoms with Gasteiger partial charge in [0.2, 0.25) is 11.8 Å². The molecule has 0 atom stereocenters. The molecule has 1 N–H and O–H groups in total. The Balaban J connectivity index is 2.01. The first-order chi connectivity index (χ1) is 13.8. The van der Waals surface area contributed by atoms with Gasteiger partial charge in [0.1, 0.15) is 0 Å². The van der Waals surface area contributed by atoms with Crippen molar-refractivity contribution in [2.75, 3.05) is 12.4 Å². The number of aromatic nitrogens is 2. The van der Waals surface area contributed by atoms with Gasteiger partial charge in [-0.1, -0.05) is 12.1 Å². The third-order valence-corrected chi connectivity index (χ3v) is 4.34. The zero-order valence-corrected chi connectivity index (χ0v) is 15.6. The number of nitrogens with one attached hydrogen (secondary N) is 1. The summed E-state index contributed by atoms with van der Waals surface area (Å²) in [6.07, 6.45) is 0.866. The maximum absolute atomic E-state index is 13.8. The highest BCUT2D eigenvalue weighted by molar-refractivity contribution is 5.60. The molecular weight excluding hydrogens is 390 g/mol. The third kappa shape index (κ3) is 4.45. The Morgan fingerprint density at radius 2 is 1.79 bits per heavy atom. The number of methoxy groups -OCH3 is 1. The summed E-state index contributed by atoms with van der Waals surface area (Å²) in [5.41, 5.74) is 1.22. The summed E-state index contributed by atoms with van der Waals surface area (Å²) < 4.78 is 60.3. The summed E-state index contributed by atoms with van der Waals surface area (Å²) in [6.45, 7) is 1.93. The number of hydrogen-bond donors (Lipinski definition) is 1. The van der Waals surface area contributed by atoms with E-state index in [0.717, 1.165) is 29.5 Å². The molecule has 0 radical (unpaired) electrons. The smallest absolute Gasteiger partial charge is 0.310 e. The van der Waals surface area contributed by atoms with Gasteiger partial charge in [-0.3, -0.25) is 4.79 Å². The summed E-state index contributed by atoms with van der Waals surface area (Å²) in [5.74, 6) is -5.51. The number of hydrogen-bond acceptors (Lipinski definition) is 4. The molecule has 0 unspecified atom stereocenters. The van der Waals surface area contributed by atoms with Crippen LogP contribution in [0.5, 0.6) is 0 Å². The predicted octanol–water partition coefficient (Wildman–Crippen LogP) is 4.05. The van der Waals surface area contributed by atoms with E-state index in [2.05, 4.69) is 10.3 Å². The van der Waals surface area contributed by atoms with Gasteiger partial charge in [0, 0.05) is 19.0 Å². The average molecular weight is 407 g/mol. The zero-order chi connectivity index (χ0) is 21.1. The lowest BCUT2D eigenvalue weighted by Gasteiger charge is -2.17. The molecule has 0 fully saturated rings. The second-order valence-corrected chi connectivity index (χ2v) is 6.37. The van der Waals surface area contributed by atoms with Crippen molar-refractivity contribution in [2.45, 2.75) is 20.1 Å². The minimum atomic E-state index is -1.60. The normalized spacial score (nSPS) is 11.0. The molecule has 0 aliphatic heterocycles. The highest BCUT2D eigenvalue weighted by atomic mass is 19.2. The fraction of sp³-hybridized carbons (Fsp3) is 0.200. The lowest BCUT2D eigenvalue weighted by molar-refractivity contribution is 0.184. The van der Waals surface area contributed by atoms with Crippen molar-refractivity contribution < 1.29 is 22.3 Å². The lowest BCUT2D eigenvalue weighted by Crippen LogP contribution is -2.20. The van der Waals surface area contributed by atoms with Crippen LogP contribution in [0.1, 0.15) is 16.7 Å². The van der Waals surface area contributed by atoms with Crippen LogP contribution >= 0.6 is 0 Å². The highest BCUT2D eigenvalue weighted by Crippen LogP contribution is 2.23. The Kier molecular flexibility index (Phi) is 5.97. The van der Waals surface area contributed by atoms with Gasteiger partial charge >= 0.3 is 5.56 Å². The minimum Gasteiger partial charge on any atom is -0.380 e. The number of anilines is 2. The van der Waals surface area contributed by atoms with Crippen molar-refractivity contribution in [1.29, 1.82) is 0 Å². The molecule has 5 nitrogen and oxygen atoms in total. The van der Waals surface area contributed by atoms with Crippen LogP contribution in [0.25, 0.3) is 0 Å². The van der Waals surface area contributed by atoms with Gasteiger partial charge in [-0.15, -0.1) is 0 Å². The highest BCUT2D eigenvalue weighted by Gasteiger charge is 2.14. The zero-order valence-electron chi connectivity index (χ0n) is 15.6. The molecule has 0 bridgehead atoms. The van der Waals surface area contributed by atoms with E-state index in [1.165, 1.54) is 4.57 Å². The molecule has 152 valence electrons. The summed E-state index contributed by atoms with van der Waals surface area (Å²) in [7, 11) is 1.56. The molecule has 0 aliphatic rings. The summed E-state index contributed by atoms with van der Waals surface area (Å²) in [6, 6.07) is 6.94. The molecular formula is C20H17F4N3O2. The van der Waals surface area contributed by atoms with Crippen molar-refractivity contribution in [3.8, 4) is 0 Å². The Hall–Kier alpha value is -3.20. The third-order valence-electron chi connectivity index (χ3n) is 4.34. The Morgan fingerprint density at radius 3 is 2.45 bits per heavy atom. The first-order valence-corrected chi connectivity index (χ1v) is 8.55. The molecule has 3 aromatic rings. The molecule has 1 aromatic heterocycles. The summed E-state index contributed by atoms with van der Waals surface area (Å²) in [4.78, 5) is 15.4. The standard InChI is InChI=1S/C20H17F4N3O2/c1-11-13(10-29-2)4-3-5-17(11)25-20-26-19(28)16(23)9-27(20)8-12-6-14(21)18(24)15(22)7-12/h3-7,9H,8,10H2,1-2H3,(H,25,26,28). The summed E-state index contributed by atoms with van der Waals surface area (Å²) in [5, 5.41) is 2.94. The number of benzene rings is 2. The van der Waals surface area contributed by atoms with Crippen LogP contribution in [-0.4, -0.2) is 16.7 Å². The maximum Gasteiger partial charge on any atom is 0.310 e. The fourth-order valence-corrected chi connectivity index (χ4v) is 2.83. The number of nitrogens with zero attached hydrogens (tertiary/aromatic N) is 2. The monoisotopic (exact) mass is 407 g/mol. The molecule has 2 aromatic carbocycles. The second kappa shape index (κ2) is 8.44. The molecule has 9 heteroatoms. The fourth-order valence-electron chi connectivity index (χ4n) is 2.83. The molecule has 0 saturated heterocycles. The molecule has 1 heterocycles. The van der Waals surface area contributed by atoms with Gasteiger partial charge in [-0.05, 0) is 41.8 Å². The maximum atomic E-state index is 13.8. The van der Waals surface area contributed by atoms with Gasteiger partial charge in [-0.25, -0.2) is 13.2 Å². The van der Waals surface area contributed by atoms with Crippen LogP contribution in [0.2, 0.25) is 0 Å². The van der Waals surface area contributed by atoms with Crippen LogP contribution in [0.3, 0.4) is 0 Å². The Morgan fingerprint density at radius 1 is 1.10 bits per heavy atom. The number of rotatable bonds is 6. The van der Waals surface area contributed by atoms with Crippen molar-refractivity contribution in [2.24, 2.45) is 0 Å². The van der Waals surface area contributed by atoms with Crippen molar-refractivity contribution in [3.63, 3.8) is 0 Å². The van der Waals surface area contributed by atoms with Crippen molar-refractivity contribution >= 4 is 11.6 Å². The van der Waals surface area contributed by atoms with Crippen LogP contribution in [0, 0.1) is 30.2 Å². The van der Waals surface area contributed by atoms with Gasteiger partial charge < -0.3 is 14.6 Å². The Labute approximate surface area is 163 Å². The quantitative estimate of drug-likeness (QED) is 0.495. The van der Waals surface area contributed by atoms with Gasteiger partial charge in [0.25, 0.3) is 0 Å². The lowest BCUT2D eigenvalue weighted by atomic mass is 10.1. The molecule has 3 rings (SSSR count). The second-order valence-electron chi connectivity index (χ2n) is 6.37. The van der Waals surface area contributed by atoms with Crippen LogP contribution in [-0.2, 0) is 17.9 Å². The van der Waals surface area contributed by atoms with Crippen molar-refractivity contribution in [3.05, 3.63) is 86.8 Å². The van der Waals surface area contributed by atoms with E-state index in [9.17, 15) is 22.4 Å².